The van der Waals surface area contributed by atoms with E-state index in [0.717, 1.165) is 11.0 Å². The third-order valence-electron chi connectivity index (χ3n) is 2.42. The Morgan fingerprint density at radius 3 is 2.95 bits per heavy atom. The van der Waals surface area contributed by atoms with Gasteiger partial charge in [-0.2, -0.15) is 0 Å². The normalized spacial score (nSPS) is 11.1. The molecule has 9 heteroatoms. The van der Waals surface area contributed by atoms with Crippen molar-refractivity contribution >= 4 is 33.6 Å². The minimum atomic E-state index is -0.223. The molecule has 0 atom stereocenters. The maximum Gasteiger partial charge on any atom is 0.344 e. The van der Waals surface area contributed by atoms with Gasteiger partial charge in [-0.1, -0.05) is 0 Å². The van der Waals surface area contributed by atoms with Gasteiger partial charge in [-0.25, -0.2) is 19.9 Å². The fourth-order valence-corrected chi connectivity index (χ4v) is 2.94. The molecule has 0 aromatic carbocycles. The molecule has 0 aliphatic rings. The van der Waals surface area contributed by atoms with Crippen LogP contribution in [0.4, 0.5) is 5.95 Å². The second kappa shape index (κ2) is 6.40. The van der Waals surface area contributed by atoms with Gasteiger partial charge in [-0.05, 0) is 48.5 Å². The molecule has 2 rings (SSSR count). The predicted octanol–water partition coefficient (Wildman–Crippen LogP) is 2.29. The second-order valence-electron chi connectivity index (χ2n) is 4.25. The van der Waals surface area contributed by atoms with Crippen LogP contribution >= 0.6 is 27.7 Å². The van der Waals surface area contributed by atoms with Crippen molar-refractivity contribution in [3.05, 3.63) is 21.2 Å². The first-order chi connectivity index (χ1) is 9.52. The van der Waals surface area contributed by atoms with Crippen LogP contribution in [-0.4, -0.2) is 31.3 Å². The fourth-order valence-electron chi connectivity index (χ4n) is 1.57. The number of anilines is 1. The lowest BCUT2D eigenvalue weighted by atomic mass is 10.4. The maximum absolute atomic E-state index is 11.7. The first-order valence-electron chi connectivity index (χ1n) is 6.14. The van der Waals surface area contributed by atoms with Gasteiger partial charge in [0.2, 0.25) is 5.95 Å². The van der Waals surface area contributed by atoms with E-state index in [1.165, 1.54) is 11.8 Å². The number of aromatic nitrogens is 5. The number of aromatic amines is 1. The minimum Gasteiger partial charge on any atom is -0.354 e. The quantitative estimate of drug-likeness (QED) is 0.797. The van der Waals surface area contributed by atoms with Crippen molar-refractivity contribution in [2.75, 3.05) is 11.9 Å². The van der Waals surface area contributed by atoms with Gasteiger partial charge in [-0.3, -0.25) is 4.57 Å². The summed E-state index contributed by atoms with van der Waals surface area (Å²) in [5, 5.41) is 10.8. The fraction of sp³-hybridized carbons (Fsp3) is 0.455. The molecule has 0 aliphatic carbocycles. The average molecular weight is 359 g/mol. The Morgan fingerprint density at radius 1 is 1.55 bits per heavy atom. The molecule has 0 saturated heterocycles. The van der Waals surface area contributed by atoms with Gasteiger partial charge >= 0.3 is 5.69 Å². The van der Waals surface area contributed by atoms with Crippen molar-refractivity contribution in [2.45, 2.75) is 37.0 Å². The molecule has 108 valence electrons. The van der Waals surface area contributed by atoms with Crippen molar-refractivity contribution in [1.82, 2.24) is 24.7 Å². The third-order valence-corrected chi connectivity index (χ3v) is 4.24. The van der Waals surface area contributed by atoms with Gasteiger partial charge in [0.05, 0.1) is 4.47 Å². The SMILES string of the molecule is CCNc1ncc(Br)c(Sc2n[nH]c(=O)n2C(C)C)n1. The largest absolute Gasteiger partial charge is 0.354 e. The van der Waals surface area contributed by atoms with E-state index in [1.807, 2.05) is 20.8 Å². The van der Waals surface area contributed by atoms with E-state index >= 15 is 0 Å². The van der Waals surface area contributed by atoms with Gasteiger partial charge in [0.15, 0.2) is 5.16 Å². The summed E-state index contributed by atoms with van der Waals surface area (Å²) >= 11 is 4.72. The van der Waals surface area contributed by atoms with Crippen molar-refractivity contribution in [3.8, 4) is 0 Å². The Hall–Kier alpha value is -1.35. The van der Waals surface area contributed by atoms with E-state index in [-0.39, 0.29) is 11.7 Å². The van der Waals surface area contributed by atoms with Crippen molar-refractivity contribution < 1.29 is 0 Å². The molecule has 0 spiro atoms. The first kappa shape index (κ1) is 15.0. The summed E-state index contributed by atoms with van der Waals surface area (Å²) in [6.45, 7) is 6.58. The molecule has 20 heavy (non-hydrogen) atoms. The maximum atomic E-state index is 11.7. The molecule has 0 aliphatic heterocycles. The Balaban J connectivity index is 2.34. The second-order valence-corrected chi connectivity index (χ2v) is 6.06. The highest BCUT2D eigenvalue weighted by molar-refractivity contribution is 9.10. The van der Waals surface area contributed by atoms with Crippen LogP contribution in [-0.2, 0) is 0 Å². The van der Waals surface area contributed by atoms with E-state index in [0.29, 0.717) is 16.1 Å². The van der Waals surface area contributed by atoms with Crippen molar-refractivity contribution in [3.63, 3.8) is 0 Å². The molecule has 2 aromatic rings. The molecule has 0 bridgehead atoms. The van der Waals surface area contributed by atoms with Crippen LogP contribution in [0.1, 0.15) is 26.8 Å². The van der Waals surface area contributed by atoms with Crippen LogP contribution in [0.3, 0.4) is 0 Å². The van der Waals surface area contributed by atoms with Crippen LogP contribution in [0.25, 0.3) is 0 Å². The molecule has 7 nitrogen and oxygen atoms in total. The lowest BCUT2D eigenvalue weighted by Gasteiger charge is -2.09. The summed E-state index contributed by atoms with van der Waals surface area (Å²) in [6.07, 6.45) is 1.68. The molecular weight excluding hydrogens is 344 g/mol. The summed E-state index contributed by atoms with van der Waals surface area (Å²) in [5.74, 6) is 0.548. The van der Waals surface area contributed by atoms with Gasteiger partial charge in [-0.15, -0.1) is 5.10 Å². The van der Waals surface area contributed by atoms with Gasteiger partial charge in [0.25, 0.3) is 0 Å². The van der Waals surface area contributed by atoms with Crippen LogP contribution in [0, 0.1) is 0 Å². The molecule has 2 N–H and O–H groups in total. The Morgan fingerprint density at radius 2 is 2.30 bits per heavy atom. The highest BCUT2D eigenvalue weighted by Gasteiger charge is 2.15. The molecule has 0 saturated carbocycles. The zero-order valence-electron chi connectivity index (χ0n) is 11.3. The molecule has 2 heterocycles. The zero-order valence-corrected chi connectivity index (χ0v) is 13.7. The lowest BCUT2D eigenvalue weighted by molar-refractivity contribution is 0.534. The highest BCUT2D eigenvalue weighted by Crippen LogP contribution is 2.31. The topological polar surface area (TPSA) is 88.5 Å². The summed E-state index contributed by atoms with van der Waals surface area (Å²) in [6, 6.07) is 0.0256. The summed E-state index contributed by atoms with van der Waals surface area (Å²) in [7, 11) is 0. The zero-order chi connectivity index (χ0) is 14.7. The first-order valence-corrected chi connectivity index (χ1v) is 7.75. The standard InChI is InChI=1S/C11H15BrN6OS/c1-4-13-9-14-5-7(12)8(15-9)20-11-17-16-10(19)18(11)6(2)3/h5-6H,4H2,1-3H3,(H,16,19)(H,13,14,15). The van der Waals surface area contributed by atoms with E-state index < -0.39 is 0 Å². The van der Waals surface area contributed by atoms with E-state index in [4.69, 9.17) is 0 Å². The number of H-pyrrole nitrogens is 1. The van der Waals surface area contributed by atoms with E-state index in [1.54, 1.807) is 10.8 Å². The summed E-state index contributed by atoms with van der Waals surface area (Å²) < 4.78 is 2.35. The molecule has 0 unspecified atom stereocenters. The number of rotatable bonds is 5. The van der Waals surface area contributed by atoms with Crippen LogP contribution in [0.15, 0.2) is 25.6 Å². The third kappa shape index (κ3) is 3.21. The van der Waals surface area contributed by atoms with Gasteiger partial charge in [0, 0.05) is 18.8 Å². The number of nitrogens with one attached hydrogen (secondary N) is 2. The predicted molar refractivity (Wildman–Crippen MR) is 81.3 cm³/mol. The van der Waals surface area contributed by atoms with E-state index in [9.17, 15) is 4.79 Å². The molecule has 0 fully saturated rings. The van der Waals surface area contributed by atoms with Gasteiger partial charge < -0.3 is 5.32 Å². The Labute approximate surface area is 128 Å². The monoisotopic (exact) mass is 358 g/mol. The number of hydrogen-bond donors (Lipinski definition) is 2. The minimum absolute atomic E-state index is 0.0256. The molecule has 0 radical (unpaired) electrons. The molecule has 2 aromatic heterocycles. The average Bonchev–Trinajstić information content (AvgIpc) is 2.75. The smallest absolute Gasteiger partial charge is 0.344 e. The number of hydrogen-bond acceptors (Lipinski definition) is 6. The Kier molecular flexibility index (Phi) is 4.81. The van der Waals surface area contributed by atoms with Crippen molar-refractivity contribution in [1.29, 1.82) is 0 Å². The number of halogens is 1. The van der Waals surface area contributed by atoms with Gasteiger partial charge in [0.1, 0.15) is 5.03 Å². The Bertz CT molecular complexity index is 653. The van der Waals surface area contributed by atoms with Crippen LogP contribution < -0.4 is 11.0 Å². The lowest BCUT2D eigenvalue weighted by Crippen LogP contribution is -2.19. The molecule has 0 amide bonds. The molecular formula is C11H15BrN6OS. The summed E-state index contributed by atoms with van der Waals surface area (Å²) in [5.41, 5.74) is -0.223. The van der Waals surface area contributed by atoms with Crippen LogP contribution in [0.2, 0.25) is 0 Å². The highest BCUT2D eigenvalue weighted by atomic mass is 79.9. The van der Waals surface area contributed by atoms with E-state index in [2.05, 4.69) is 41.4 Å². The summed E-state index contributed by atoms with van der Waals surface area (Å²) in [4.78, 5) is 20.2. The number of nitrogens with zero attached hydrogens (tertiary/aromatic N) is 4. The van der Waals surface area contributed by atoms with Crippen LogP contribution in [0.5, 0.6) is 0 Å². The van der Waals surface area contributed by atoms with Crippen molar-refractivity contribution in [2.24, 2.45) is 0 Å².